The Labute approximate surface area is 138 Å². The molecule has 2 aliphatic rings. The Kier molecular flexibility index (Phi) is 6.31. The molecule has 0 spiro atoms. The first kappa shape index (κ1) is 17.5. The van der Waals surface area contributed by atoms with Crippen LogP contribution in [0.15, 0.2) is 0 Å². The largest absolute Gasteiger partial charge is 0.396 e. The van der Waals surface area contributed by atoms with Crippen LogP contribution in [0, 0.1) is 29.1 Å². The van der Waals surface area contributed by atoms with Gasteiger partial charge in [0.25, 0.3) is 0 Å². The molecule has 2 aliphatic carbocycles. The lowest BCUT2D eigenvalue weighted by molar-refractivity contribution is -0.125. The van der Waals surface area contributed by atoms with Crippen molar-refractivity contribution >= 4 is 21.7 Å². The van der Waals surface area contributed by atoms with Crippen LogP contribution in [-0.2, 0) is 4.79 Å². The molecule has 2 saturated carbocycles. The highest BCUT2D eigenvalue weighted by Crippen LogP contribution is 2.60. The van der Waals surface area contributed by atoms with E-state index in [1.54, 1.807) is 0 Å². The van der Waals surface area contributed by atoms with Crippen molar-refractivity contribution in [2.45, 2.75) is 65.2 Å². The molecule has 2 rings (SSSR count). The van der Waals surface area contributed by atoms with Crippen LogP contribution in [0.2, 0.25) is 0 Å². The Bertz CT molecular complexity index is 357. The molecule has 0 saturated heterocycles. The van der Waals surface area contributed by atoms with Gasteiger partial charge >= 0.3 is 0 Å². The Morgan fingerprint density at radius 1 is 1.29 bits per heavy atom. The zero-order valence-electron chi connectivity index (χ0n) is 13.6. The van der Waals surface area contributed by atoms with Crippen LogP contribution in [0.5, 0.6) is 0 Å². The van der Waals surface area contributed by atoms with E-state index in [1.807, 2.05) is 0 Å². The molecule has 0 aliphatic heterocycles. The molecule has 0 aromatic rings. The highest BCUT2D eigenvalue weighted by molar-refractivity contribution is 9.09. The van der Waals surface area contributed by atoms with Gasteiger partial charge in [-0.1, -0.05) is 49.0 Å². The van der Waals surface area contributed by atoms with Crippen molar-refractivity contribution in [1.82, 2.24) is 0 Å². The Morgan fingerprint density at radius 3 is 2.67 bits per heavy atom. The molecule has 0 heterocycles. The molecule has 0 amide bonds. The summed E-state index contributed by atoms with van der Waals surface area (Å²) in [6, 6.07) is 0. The Morgan fingerprint density at radius 2 is 2.05 bits per heavy atom. The number of carbonyl (C=O) groups excluding carboxylic acids is 1. The summed E-state index contributed by atoms with van der Waals surface area (Å²) in [6.45, 7) is 5.05. The maximum Gasteiger partial charge on any atom is 0.147 e. The summed E-state index contributed by atoms with van der Waals surface area (Å²) < 4.78 is 0. The number of aliphatic hydroxyl groups excluding tert-OH is 1. The fourth-order valence-corrected chi connectivity index (χ4v) is 5.87. The lowest BCUT2D eigenvalue weighted by Gasteiger charge is -2.48. The molecule has 3 heteroatoms. The van der Waals surface area contributed by atoms with Crippen LogP contribution in [0.4, 0.5) is 0 Å². The van der Waals surface area contributed by atoms with Gasteiger partial charge in [-0.25, -0.2) is 0 Å². The quantitative estimate of drug-likeness (QED) is 0.534. The minimum atomic E-state index is 0.249. The first-order chi connectivity index (χ1) is 10.1. The monoisotopic (exact) mass is 358 g/mol. The number of hydrogen-bond donors (Lipinski definition) is 1. The predicted octanol–water partition coefficient (Wildman–Crippen LogP) is 4.58. The van der Waals surface area contributed by atoms with Crippen LogP contribution in [-0.4, -0.2) is 22.8 Å². The van der Waals surface area contributed by atoms with Crippen LogP contribution in [0.1, 0.15) is 65.2 Å². The fraction of sp³-hybridized carbons (Fsp3) is 0.944. The zero-order valence-corrected chi connectivity index (χ0v) is 15.2. The highest BCUT2D eigenvalue weighted by atomic mass is 79.9. The molecule has 21 heavy (non-hydrogen) atoms. The number of ketones is 1. The van der Waals surface area contributed by atoms with E-state index in [0.29, 0.717) is 17.7 Å². The zero-order chi connectivity index (χ0) is 15.5. The van der Waals surface area contributed by atoms with E-state index in [-0.39, 0.29) is 11.3 Å². The number of hydrogen-bond acceptors (Lipinski definition) is 2. The number of carbonyl (C=O) groups is 1. The van der Waals surface area contributed by atoms with Crippen molar-refractivity contribution in [2.75, 3.05) is 11.9 Å². The van der Waals surface area contributed by atoms with Crippen molar-refractivity contribution in [2.24, 2.45) is 29.1 Å². The third-order valence-corrected chi connectivity index (χ3v) is 7.11. The number of alkyl halides is 1. The molecule has 0 unspecified atom stereocenters. The SMILES string of the molecule is CC[C@@H]1[C@@H](CCCCO)CC[C@]2(C)[C@@H](C(=O)CBr)CC[C@@H]12. The van der Waals surface area contributed by atoms with Crippen molar-refractivity contribution in [1.29, 1.82) is 0 Å². The fourth-order valence-electron chi connectivity index (χ4n) is 5.48. The minimum absolute atomic E-state index is 0.249. The van der Waals surface area contributed by atoms with Gasteiger partial charge in [-0.2, -0.15) is 0 Å². The van der Waals surface area contributed by atoms with Gasteiger partial charge < -0.3 is 5.11 Å². The highest BCUT2D eigenvalue weighted by Gasteiger charge is 2.54. The second kappa shape index (κ2) is 7.59. The van der Waals surface area contributed by atoms with E-state index in [9.17, 15) is 4.79 Å². The lowest BCUT2D eigenvalue weighted by Crippen LogP contribution is -2.43. The van der Waals surface area contributed by atoms with Gasteiger partial charge in [0.05, 0.1) is 5.33 Å². The number of halogens is 1. The van der Waals surface area contributed by atoms with Crippen molar-refractivity contribution < 1.29 is 9.90 Å². The van der Waals surface area contributed by atoms with E-state index in [0.717, 1.165) is 37.0 Å². The van der Waals surface area contributed by atoms with Gasteiger partial charge in [0.1, 0.15) is 5.78 Å². The van der Waals surface area contributed by atoms with Crippen molar-refractivity contribution in [3.05, 3.63) is 0 Å². The molecular formula is C18H31BrO2. The van der Waals surface area contributed by atoms with Crippen LogP contribution in [0.3, 0.4) is 0 Å². The second-order valence-corrected chi connectivity index (χ2v) is 7.99. The van der Waals surface area contributed by atoms with Gasteiger partial charge in [0.15, 0.2) is 0 Å². The number of Topliss-reactive ketones (excluding diaryl/α,β-unsaturated/α-hetero) is 1. The smallest absolute Gasteiger partial charge is 0.147 e. The third kappa shape index (κ3) is 3.39. The maximum atomic E-state index is 12.3. The van der Waals surface area contributed by atoms with E-state index in [4.69, 9.17) is 5.11 Å². The molecule has 5 atom stereocenters. The van der Waals surface area contributed by atoms with Crippen LogP contribution >= 0.6 is 15.9 Å². The van der Waals surface area contributed by atoms with Gasteiger partial charge in [-0.05, 0) is 55.3 Å². The molecule has 1 N–H and O–H groups in total. The van der Waals surface area contributed by atoms with Crippen LogP contribution < -0.4 is 0 Å². The molecule has 2 nitrogen and oxygen atoms in total. The second-order valence-electron chi connectivity index (χ2n) is 7.43. The van der Waals surface area contributed by atoms with E-state index in [2.05, 4.69) is 29.8 Å². The average molecular weight is 359 g/mol. The summed E-state index contributed by atoms with van der Waals surface area (Å²) in [4.78, 5) is 12.3. The summed E-state index contributed by atoms with van der Waals surface area (Å²) in [5.41, 5.74) is 0.249. The molecule has 2 fully saturated rings. The number of aliphatic hydroxyl groups is 1. The lowest BCUT2D eigenvalue weighted by atomic mass is 9.56. The molecule has 0 aromatic carbocycles. The van der Waals surface area contributed by atoms with Crippen LogP contribution in [0.25, 0.3) is 0 Å². The van der Waals surface area contributed by atoms with Crippen molar-refractivity contribution in [3.8, 4) is 0 Å². The van der Waals surface area contributed by atoms with E-state index >= 15 is 0 Å². The molecular weight excluding hydrogens is 328 g/mol. The van der Waals surface area contributed by atoms with Gasteiger partial charge in [0.2, 0.25) is 0 Å². The summed E-state index contributed by atoms with van der Waals surface area (Å²) in [5, 5.41) is 9.52. The Balaban J connectivity index is 2.08. The molecule has 0 bridgehead atoms. The van der Waals surface area contributed by atoms with Gasteiger partial charge in [-0.3, -0.25) is 4.79 Å². The summed E-state index contributed by atoms with van der Waals surface area (Å²) in [6.07, 6.45) is 9.47. The number of rotatable bonds is 7. The topological polar surface area (TPSA) is 37.3 Å². The third-order valence-electron chi connectivity index (χ3n) is 6.56. The van der Waals surface area contributed by atoms with Gasteiger partial charge in [-0.15, -0.1) is 0 Å². The van der Waals surface area contributed by atoms with E-state index < -0.39 is 0 Å². The van der Waals surface area contributed by atoms with Crippen molar-refractivity contribution in [3.63, 3.8) is 0 Å². The summed E-state index contributed by atoms with van der Waals surface area (Å²) >= 11 is 3.38. The summed E-state index contributed by atoms with van der Waals surface area (Å²) in [5.74, 6) is 3.05. The molecule has 0 aromatic heterocycles. The average Bonchev–Trinajstić information content (AvgIpc) is 2.84. The first-order valence-corrected chi connectivity index (χ1v) is 9.90. The predicted molar refractivity (Wildman–Crippen MR) is 90.6 cm³/mol. The number of fused-ring (bicyclic) bond motifs is 1. The Hall–Kier alpha value is 0.110. The standard InChI is InChI=1S/C18H31BrO2/c1-3-14-13(6-4-5-11-20)9-10-18(2)15(14)7-8-16(18)17(21)12-19/h13-16,20H,3-12H2,1-2H3/t13-,14+,15-,16+,18-/m0/s1. The van der Waals surface area contributed by atoms with E-state index in [1.165, 1.54) is 32.1 Å². The summed E-state index contributed by atoms with van der Waals surface area (Å²) in [7, 11) is 0. The number of unbranched alkanes of at least 4 members (excludes halogenated alkanes) is 1. The maximum absolute atomic E-state index is 12.3. The van der Waals surface area contributed by atoms with Gasteiger partial charge in [0, 0.05) is 12.5 Å². The molecule has 122 valence electrons. The normalized spacial score (nSPS) is 39.2. The first-order valence-electron chi connectivity index (χ1n) is 8.78. The minimum Gasteiger partial charge on any atom is -0.396 e. The molecule has 0 radical (unpaired) electrons.